The molecule has 3 heterocycles. The first-order valence-electron chi connectivity index (χ1n) is 7.87. The molecule has 23 heavy (non-hydrogen) atoms. The van der Waals surface area contributed by atoms with Crippen molar-refractivity contribution in [3.05, 3.63) is 47.6 Å². The second-order valence-corrected chi connectivity index (χ2v) is 6.21. The van der Waals surface area contributed by atoms with Gasteiger partial charge in [-0.05, 0) is 30.0 Å². The number of rotatable bonds is 5. The van der Waals surface area contributed by atoms with E-state index in [0.717, 1.165) is 12.1 Å². The van der Waals surface area contributed by atoms with Crippen molar-refractivity contribution in [3.8, 4) is 0 Å². The van der Waals surface area contributed by atoms with Gasteiger partial charge in [0.1, 0.15) is 0 Å². The molecule has 2 aromatic rings. The minimum Gasteiger partial charge on any atom is -0.379 e. The highest BCUT2D eigenvalue weighted by atomic mass is 16.5. The molecule has 6 heteroatoms. The number of hydrogen-bond acceptors (Lipinski definition) is 5. The van der Waals surface area contributed by atoms with E-state index >= 15 is 0 Å². The zero-order valence-corrected chi connectivity index (χ0v) is 13.4. The Morgan fingerprint density at radius 2 is 2.13 bits per heavy atom. The molecule has 1 fully saturated rings. The molecule has 1 saturated heterocycles. The van der Waals surface area contributed by atoms with Crippen LogP contribution in [-0.2, 0) is 11.2 Å². The molecule has 2 aromatic heterocycles. The Bertz CT molecular complexity index is 654. The smallest absolute Gasteiger partial charge is 0.290 e. The van der Waals surface area contributed by atoms with Crippen LogP contribution >= 0.6 is 0 Å². The second-order valence-electron chi connectivity index (χ2n) is 6.21. The van der Waals surface area contributed by atoms with Gasteiger partial charge in [-0.2, -0.15) is 0 Å². The van der Waals surface area contributed by atoms with E-state index in [0.29, 0.717) is 13.2 Å². The molecule has 0 aliphatic carbocycles. The average molecular weight is 315 g/mol. The maximum atomic E-state index is 12.3. The van der Waals surface area contributed by atoms with Crippen LogP contribution in [0, 0.1) is 5.92 Å². The number of pyridine rings is 1. The second kappa shape index (κ2) is 6.91. The Morgan fingerprint density at radius 1 is 1.35 bits per heavy atom. The van der Waals surface area contributed by atoms with Crippen LogP contribution in [0.15, 0.2) is 35.1 Å². The first-order valence-corrected chi connectivity index (χ1v) is 7.87. The molecule has 122 valence electrons. The highest BCUT2D eigenvalue weighted by Crippen LogP contribution is 2.20. The quantitative estimate of drug-likeness (QED) is 0.915. The van der Waals surface area contributed by atoms with Crippen LogP contribution < -0.4 is 5.32 Å². The van der Waals surface area contributed by atoms with Crippen molar-refractivity contribution in [2.24, 2.45) is 5.92 Å². The minimum absolute atomic E-state index is 0.0248. The summed E-state index contributed by atoms with van der Waals surface area (Å²) in [7, 11) is 0. The number of carbonyl (C=O) groups excluding carboxylic acids is 1. The van der Waals surface area contributed by atoms with Gasteiger partial charge in [0.25, 0.3) is 5.91 Å². The Kier molecular flexibility index (Phi) is 4.71. The van der Waals surface area contributed by atoms with E-state index in [-0.39, 0.29) is 29.5 Å². The molecule has 0 radical (unpaired) electrons. The molecule has 1 aliphatic rings. The van der Waals surface area contributed by atoms with Gasteiger partial charge in [0.15, 0.2) is 0 Å². The Morgan fingerprint density at radius 3 is 2.83 bits per heavy atom. The molecular formula is C17H21N3O3. The molecule has 0 aromatic carbocycles. The van der Waals surface area contributed by atoms with Gasteiger partial charge in [-0.1, -0.05) is 19.0 Å². The molecule has 0 bridgehead atoms. The summed E-state index contributed by atoms with van der Waals surface area (Å²) in [5, 5.41) is 6.93. The molecule has 1 amide bonds. The maximum absolute atomic E-state index is 12.3. The van der Waals surface area contributed by atoms with Crippen LogP contribution in [0.4, 0.5) is 0 Å². The summed E-state index contributed by atoms with van der Waals surface area (Å²) < 4.78 is 10.7. The summed E-state index contributed by atoms with van der Waals surface area (Å²) in [6.07, 6.45) is 4.41. The summed E-state index contributed by atoms with van der Waals surface area (Å²) in [5.74, 6) is 0.492. The van der Waals surface area contributed by atoms with Crippen molar-refractivity contribution < 1.29 is 14.1 Å². The number of nitrogens with one attached hydrogen (secondary N) is 1. The molecule has 0 spiro atoms. The highest BCUT2D eigenvalue weighted by Gasteiger charge is 2.30. The molecule has 1 N–H and O–H groups in total. The van der Waals surface area contributed by atoms with Gasteiger partial charge < -0.3 is 14.6 Å². The molecule has 3 rings (SSSR count). The maximum Gasteiger partial charge on any atom is 0.290 e. The van der Waals surface area contributed by atoms with Gasteiger partial charge in [-0.25, -0.2) is 0 Å². The number of nitrogens with zero attached hydrogens (tertiary/aromatic N) is 2. The average Bonchev–Trinajstić information content (AvgIpc) is 3.18. The van der Waals surface area contributed by atoms with Crippen LogP contribution in [0.25, 0.3) is 0 Å². The van der Waals surface area contributed by atoms with E-state index in [9.17, 15) is 4.79 Å². The molecule has 2 atom stereocenters. The van der Waals surface area contributed by atoms with Crippen molar-refractivity contribution in [1.29, 1.82) is 0 Å². The van der Waals surface area contributed by atoms with Crippen LogP contribution in [0.3, 0.4) is 0 Å². The van der Waals surface area contributed by atoms with Gasteiger partial charge >= 0.3 is 0 Å². The van der Waals surface area contributed by atoms with E-state index in [1.165, 1.54) is 5.56 Å². The first-order chi connectivity index (χ1) is 11.1. The Labute approximate surface area is 135 Å². The van der Waals surface area contributed by atoms with Crippen molar-refractivity contribution >= 4 is 5.91 Å². The van der Waals surface area contributed by atoms with E-state index < -0.39 is 0 Å². The fourth-order valence-corrected chi connectivity index (χ4v) is 2.69. The summed E-state index contributed by atoms with van der Waals surface area (Å²) in [5.41, 5.74) is 1.97. The highest BCUT2D eigenvalue weighted by molar-refractivity contribution is 5.91. The normalized spacial score (nSPS) is 20.8. The van der Waals surface area contributed by atoms with E-state index in [1.54, 1.807) is 18.5 Å². The summed E-state index contributed by atoms with van der Waals surface area (Å²) in [6.45, 7) is 5.18. The van der Waals surface area contributed by atoms with Gasteiger partial charge in [-0.3, -0.25) is 9.78 Å². The van der Waals surface area contributed by atoms with Crippen molar-refractivity contribution in [1.82, 2.24) is 15.5 Å². The van der Waals surface area contributed by atoms with Crippen LogP contribution in [0.1, 0.15) is 41.6 Å². The van der Waals surface area contributed by atoms with Crippen LogP contribution in [0.2, 0.25) is 0 Å². The predicted octanol–water partition coefficient (Wildman–Crippen LogP) is 2.18. The molecule has 0 saturated carbocycles. The van der Waals surface area contributed by atoms with Crippen LogP contribution in [0.5, 0.6) is 0 Å². The van der Waals surface area contributed by atoms with Gasteiger partial charge in [0.2, 0.25) is 5.76 Å². The van der Waals surface area contributed by atoms with E-state index in [2.05, 4.69) is 15.5 Å². The number of carbonyl (C=O) groups is 1. The first kappa shape index (κ1) is 15.7. The summed E-state index contributed by atoms with van der Waals surface area (Å²) in [4.78, 5) is 16.3. The number of hydrogen-bond donors (Lipinski definition) is 1. The monoisotopic (exact) mass is 315 g/mol. The lowest BCUT2D eigenvalue weighted by Gasteiger charge is -2.18. The third-order valence-corrected chi connectivity index (χ3v) is 4.11. The van der Waals surface area contributed by atoms with Crippen molar-refractivity contribution in [2.75, 3.05) is 13.2 Å². The number of amides is 1. The van der Waals surface area contributed by atoms with Crippen molar-refractivity contribution in [3.63, 3.8) is 0 Å². The third-order valence-electron chi connectivity index (χ3n) is 4.11. The van der Waals surface area contributed by atoms with E-state index in [1.807, 2.05) is 26.0 Å². The minimum atomic E-state index is -0.236. The third kappa shape index (κ3) is 3.76. The number of aromatic nitrogens is 2. The molecular weight excluding hydrogens is 294 g/mol. The standard InChI is InChI=1S/C17H21N3O3/c1-11(2)14-8-16(23-20-14)17(21)19-15-10-22-9-13(15)7-12-3-5-18-6-4-12/h3-6,8,11,13,15H,7,9-10H2,1-2H3,(H,19,21)/t13-,15+/m1/s1. The molecule has 1 aliphatic heterocycles. The number of ether oxygens (including phenoxy) is 1. The molecule has 6 nitrogen and oxygen atoms in total. The largest absolute Gasteiger partial charge is 0.379 e. The SMILES string of the molecule is CC(C)c1cc(C(=O)N[C@H]2COC[C@H]2Cc2ccncc2)on1. The van der Waals surface area contributed by atoms with Crippen LogP contribution in [-0.4, -0.2) is 35.3 Å². The fourth-order valence-electron chi connectivity index (χ4n) is 2.69. The van der Waals surface area contributed by atoms with Gasteiger partial charge in [0.05, 0.1) is 24.9 Å². The van der Waals surface area contributed by atoms with E-state index in [4.69, 9.17) is 9.26 Å². The zero-order valence-electron chi connectivity index (χ0n) is 13.4. The zero-order chi connectivity index (χ0) is 16.2. The lowest BCUT2D eigenvalue weighted by Crippen LogP contribution is -2.40. The Hall–Kier alpha value is -2.21. The predicted molar refractivity (Wildman–Crippen MR) is 84.1 cm³/mol. The summed E-state index contributed by atoms with van der Waals surface area (Å²) in [6, 6.07) is 5.65. The van der Waals surface area contributed by atoms with Gasteiger partial charge in [-0.15, -0.1) is 0 Å². The Balaban J connectivity index is 1.62. The summed E-state index contributed by atoms with van der Waals surface area (Å²) >= 11 is 0. The lowest BCUT2D eigenvalue weighted by atomic mass is 9.95. The van der Waals surface area contributed by atoms with Crippen molar-refractivity contribution in [2.45, 2.75) is 32.2 Å². The lowest BCUT2D eigenvalue weighted by molar-refractivity contribution is 0.0887. The topological polar surface area (TPSA) is 77.2 Å². The molecule has 0 unspecified atom stereocenters. The van der Waals surface area contributed by atoms with Gasteiger partial charge in [0, 0.05) is 24.4 Å². The fraction of sp³-hybridized carbons (Fsp3) is 0.471.